The molecule has 1 aromatic rings. The smallest absolute Gasteiger partial charge is 0.226 e. The lowest BCUT2D eigenvalue weighted by atomic mass is 10.2. The van der Waals surface area contributed by atoms with Crippen LogP contribution in [0.4, 0.5) is 0 Å². The molecule has 0 saturated carbocycles. The highest BCUT2D eigenvalue weighted by Gasteiger charge is 2.02. The number of hydrogen-bond acceptors (Lipinski definition) is 2. The van der Waals surface area contributed by atoms with E-state index < -0.39 is 0 Å². The van der Waals surface area contributed by atoms with Gasteiger partial charge in [0.15, 0.2) is 6.20 Å². The average molecular weight is 161 g/mol. The first-order valence-electron chi connectivity index (χ1n) is 3.41. The Morgan fingerprint density at radius 1 is 1.67 bits per heavy atom. The number of aromatic nitrogens is 1. The van der Waals surface area contributed by atoms with Crippen molar-refractivity contribution in [2.24, 2.45) is 12.2 Å². The Morgan fingerprint density at radius 3 is 2.92 bits per heavy atom. The summed E-state index contributed by atoms with van der Waals surface area (Å²) in [5, 5.41) is 11.2. The third-order valence-electron chi connectivity index (χ3n) is 1.53. The first kappa shape index (κ1) is 8.28. The molecule has 60 valence electrons. The molecule has 3 nitrogen and oxygen atoms in total. The van der Waals surface area contributed by atoms with Crippen molar-refractivity contribution in [1.82, 2.24) is 0 Å². The Balaban J connectivity index is 3.14. The molecule has 0 unspecified atom stereocenters. The molecule has 1 heterocycles. The van der Waals surface area contributed by atoms with Crippen LogP contribution in [0.25, 0.3) is 0 Å². The van der Waals surface area contributed by atoms with Crippen LogP contribution in [-0.4, -0.2) is 11.4 Å². The minimum Gasteiger partial charge on any atom is -0.411 e. The number of aryl methyl sites for hydroxylation is 1. The molecule has 0 aliphatic heterocycles. The molecule has 1 aromatic heterocycles. The van der Waals surface area contributed by atoms with Crippen LogP contribution in [0.3, 0.4) is 0 Å². The molecule has 0 aliphatic rings. The number of nitrogens with zero attached hydrogens (tertiary/aromatic N) is 2. The summed E-state index contributed by atoms with van der Waals surface area (Å²) in [4.78, 5) is 0. The summed E-state index contributed by atoms with van der Waals surface area (Å²) in [7, 11) is 1.83. The highest BCUT2D eigenvalue weighted by atomic mass is 16.4. The van der Waals surface area contributed by atoms with Gasteiger partial charge in [0.2, 0.25) is 5.69 Å². The van der Waals surface area contributed by atoms with E-state index in [1.54, 1.807) is 22.9 Å². The van der Waals surface area contributed by atoms with Crippen molar-refractivity contribution in [2.45, 2.75) is 0 Å². The van der Waals surface area contributed by atoms with Crippen LogP contribution < -0.4 is 4.57 Å². The molecule has 3 heteroatoms. The predicted octanol–water partition coefficient (Wildman–Crippen LogP) is 0.300. The molecule has 0 saturated heterocycles. The first-order chi connectivity index (χ1) is 5.77. The summed E-state index contributed by atoms with van der Waals surface area (Å²) >= 11 is 0. The van der Waals surface area contributed by atoms with Crippen LogP contribution in [0.2, 0.25) is 0 Å². The Labute approximate surface area is 71.0 Å². The zero-order valence-electron chi connectivity index (χ0n) is 6.73. The molecule has 0 aliphatic carbocycles. The third-order valence-corrected chi connectivity index (χ3v) is 1.53. The van der Waals surface area contributed by atoms with Gasteiger partial charge in [-0.3, -0.25) is 0 Å². The van der Waals surface area contributed by atoms with Gasteiger partial charge in [-0.2, -0.15) is 4.57 Å². The highest BCUT2D eigenvalue weighted by Crippen LogP contribution is 1.93. The lowest BCUT2D eigenvalue weighted by Crippen LogP contribution is -2.33. The summed E-state index contributed by atoms with van der Waals surface area (Å²) in [6.07, 6.45) is 8.33. The van der Waals surface area contributed by atoms with E-state index in [2.05, 4.69) is 11.1 Å². The second-order valence-electron chi connectivity index (χ2n) is 2.34. The quantitative estimate of drug-likeness (QED) is 0.208. The molecule has 12 heavy (non-hydrogen) atoms. The van der Waals surface area contributed by atoms with Crippen molar-refractivity contribution < 1.29 is 9.77 Å². The number of hydrogen-bond donors (Lipinski definition) is 1. The maximum Gasteiger partial charge on any atom is 0.226 e. The van der Waals surface area contributed by atoms with Gasteiger partial charge in [0.1, 0.15) is 13.3 Å². The van der Waals surface area contributed by atoms with Crippen LogP contribution in [0.15, 0.2) is 23.5 Å². The zero-order chi connectivity index (χ0) is 8.97. The average Bonchev–Trinajstić information content (AvgIpc) is 2.09. The fourth-order valence-electron chi connectivity index (χ4n) is 0.898. The van der Waals surface area contributed by atoms with E-state index in [1.165, 1.54) is 6.21 Å². The van der Waals surface area contributed by atoms with Gasteiger partial charge in [0.05, 0.1) is 5.56 Å². The van der Waals surface area contributed by atoms with Crippen LogP contribution in [0.1, 0.15) is 11.3 Å². The van der Waals surface area contributed by atoms with E-state index in [1.807, 2.05) is 7.05 Å². The largest absolute Gasteiger partial charge is 0.411 e. The lowest BCUT2D eigenvalue weighted by Gasteiger charge is -1.92. The van der Waals surface area contributed by atoms with Gasteiger partial charge in [0.25, 0.3) is 0 Å². The topological polar surface area (TPSA) is 36.5 Å². The third kappa shape index (κ3) is 1.61. The van der Waals surface area contributed by atoms with Gasteiger partial charge in [-0.25, -0.2) is 0 Å². The Kier molecular flexibility index (Phi) is 2.44. The summed E-state index contributed by atoms with van der Waals surface area (Å²) in [5.41, 5.74) is 1.59. The van der Waals surface area contributed by atoms with Gasteiger partial charge in [-0.05, 0) is 6.07 Å². The molecule has 0 amide bonds. The van der Waals surface area contributed by atoms with E-state index in [4.69, 9.17) is 11.6 Å². The van der Waals surface area contributed by atoms with Gasteiger partial charge < -0.3 is 5.21 Å². The van der Waals surface area contributed by atoms with E-state index in [0.29, 0.717) is 0 Å². The molecular weight excluding hydrogens is 152 g/mol. The summed E-state index contributed by atoms with van der Waals surface area (Å²) in [6.45, 7) is 0. The highest BCUT2D eigenvalue weighted by molar-refractivity contribution is 5.74. The number of terminal acetylenes is 1. The fourth-order valence-corrected chi connectivity index (χ4v) is 0.898. The van der Waals surface area contributed by atoms with Crippen LogP contribution in [-0.2, 0) is 7.05 Å². The second-order valence-corrected chi connectivity index (χ2v) is 2.34. The molecule has 1 rings (SSSR count). The van der Waals surface area contributed by atoms with Gasteiger partial charge in [-0.15, -0.1) is 6.42 Å². The standard InChI is InChI=1S/C9H8N2O/c1-3-8-4-5-9(6-10-12)11(2)7-8/h1,4-7H,2H3/p+1. The fraction of sp³-hybridized carbons (Fsp3) is 0.111. The maximum absolute atomic E-state index is 8.29. The normalized spacial score (nSPS) is 10.0. The van der Waals surface area contributed by atoms with Crippen molar-refractivity contribution in [3.8, 4) is 12.3 Å². The summed E-state index contributed by atoms with van der Waals surface area (Å²) < 4.78 is 1.79. The van der Waals surface area contributed by atoms with E-state index in [-0.39, 0.29) is 0 Å². The van der Waals surface area contributed by atoms with Crippen LogP contribution >= 0.6 is 0 Å². The van der Waals surface area contributed by atoms with E-state index in [0.717, 1.165) is 11.3 Å². The maximum atomic E-state index is 8.29. The minimum absolute atomic E-state index is 0.788. The number of pyridine rings is 1. The number of oxime groups is 1. The minimum atomic E-state index is 0.788. The number of rotatable bonds is 1. The lowest BCUT2D eigenvalue weighted by molar-refractivity contribution is -0.672. The van der Waals surface area contributed by atoms with Gasteiger partial charge in [-0.1, -0.05) is 11.1 Å². The Bertz CT molecular complexity index is 350. The molecule has 0 spiro atoms. The second kappa shape index (κ2) is 3.54. The first-order valence-corrected chi connectivity index (χ1v) is 3.41. The summed E-state index contributed by atoms with van der Waals surface area (Å²) in [6, 6.07) is 3.58. The Morgan fingerprint density at radius 2 is 2.42 bits per heavy atom. The van der Waals surface area contributed by atoms with Crippen molar-refractivity contribution in [3.05, 3.63) is 29.6 Å². The monoisotopic (exact) mass is 161 g/mol. The zero-order valence-corrected chi connectivity index (χ0v) is 6.73. The molecule has 0 atom stereocenters. The van der Waals surface area contributed by atoms with Crippen molar-refractivity contribution in [1.29, 1.82) is 0 Å². The van der Waals surface area contributed by atoms with Crippen molar-refractivity contribution >= 4 is 6.21 Å². The van der Waals surface area contributed by atoms with Gasteiger partial charge >= 0.3 is 0 Å². The molecule has 0 radical (unpaired) electrons. The molecule has 0 aromatic carbocycles. The van der Waals surface area contributed by atoms with Crippen LogP contribution in [0.5, 0.6) is 0 Å². The van der Waals surface area contributed by atoms with Crippen molar-refractivity contribution in [3.63, 3.8) is 0 Å². The summed E-state index contributed by atoms with van der Waals surface area (Å²) in [5.74, 6) is 2.51. The molecule has 1 N–H and O–H groups in total. The molecule has 0 fully saturated rings. The van der Waals surface area contributed by atoms with E-state index >= 15 is 0 Å². The van der Waals surface area contributed by atoms with Crippen molar-refractivity contribution in [2.75, 3.05) is 0 Å². The Hall–Kier alpha value is -1.82. The molecular formula is C9H9N2O+. The van der Waals surface area contributed by atoms with Crippen LogP contribution in [0, 0.1) is 12.3 Å². The predicted molar refractivity (Wildman–Crippen MR) is 44.9 cm³/mol. The van der Waals surface area contributed by atoms with E-state index in [9.17, 15) is 0 Å². The van der Waals surface area contributed by atoms with Gasteiger partial charge in [0, 0.05) is 6.07 Å². The molecule has 0 bridgehead atoms. The SMILES string of the molecule is C#Cc1ccc(C=NO)[n+](C)c1.